The molecule has 2 N–H and O–H groups in total. The maximum Gasteiger partial charge on any atom is 0.266 e. The van der Waals surface area contributed by atoms with Crippen LogP contribution in [0.4, 0.5) is 5.69 Å². The average Bonchev–Trinajstić information content (AvgIpc) is 2.94. The van der Waals surface area contributed by atoms with E-state index in [1.165, 1.54) is 12.1 Å². The third-order valence-electron chi connectivity index (χ3n) is 4.39. The van der Waals surface area contributed by atoms with Crippen LogP contribution in [0, 0.1) is 32.1 Å². The fraction of sp³-hybridized carbons (Fsp3) is 0.136. The van der Waals surface area contributed by atoms with E-state index in [2.05, 4.69) is 10.3 Å². The van der Waals surface area contributed by atoms with Crippen molar-refractivity contribution in [3.63, 3.8) is 0 Å². The summed E-state index contributed by atoms with van der Waals surface area (Å²) in [6.07, 6.45) is 3.33. The summed E-state index contributed by atoms with van der Waals surface area (Å²) in [6, 6.07) is 13.9. The smallest absolute Gasteiger partial charge is 0.266 e. The number of nitrogens with one attached hydrogen (secondary N) is 1. The largest absolute Gasteiger partial charge is 0.508 e. The molecule has 0 bridgehead atoms. The number of amides is 1. The predicted molar refractivity (Wildman–Crippen MR) is 108 cm³/mol. The highest BCUT2D eigenvalue weighted by molar-refractivity contribution is 6.09. The van der Waals surface area contributed by atoms with Crippen molar-refractivity contribution >= 4 is 17.7 Å². The molecule has 0 aliphatic heterocycles. The second-order valence-corrected chi connectivity index (χ2v) is 6.52. The van der Waals surface area contributed by atoms with Crippen molar-refractivity contribution in [2.75, 3.05) is 5.32 Å². The van der Waals surface area contributed by atoms with Gasteiger partial charge in [-0.25, -0.2) is 4.98 Å². The number of aromatic hydroxyl groups is 1. The average molecular weight is 372 g/mol. The molecule has 2 heterocycles. The first-order valence-corrected chi connectivity index (χ1v) is 8.73. The summed E-state index contributed by atoms with van der Waals surface area (Å²) in [5, 5.41) is 21.4. The third kappa shape index (κ3) is 3.94. The lowest BCUT2D eigenvalue weighted by Gasteiger charge is -2.09. The molecular formula is C22H20N4O2. The minimum Gasteiger partial charge on any atom is -0.508 e. The standard InChI is InChI=1S/C22H20N4O2/c1-14-8-9-24-21(10-14)26-15(2)11-17(16(26)3)12-18(13-23)22(28)25-19-4-6-20(27)7-5-19/h4-12,27H,1-3H3,(H,25,28). The monoisotopic (exact) mass is 372 g/mol. The molecule has 6 heteroatoms. The molecule has 1 aromatic carbocycles. The second-order valence-electron chi connectivity index (χ2n) is 6.52. The van der Waals surface area contributed by atoms with Gasteiger partial charge in [-0.1, -0.05) is 0 Å². The van der Waals surface area contributed by atoms with Crippen molar-refractivity contribution < 1.29 is 9.90 Å². The number of rotatable bonds is 4. The first-order chi connectivity index (χ1) is 13.4. The number of nitriles is 1. The number of carbonyl (C=O) groups excluding carboxylic acids is 1. The number of hydrogen-bond acceptors (Lipinski definition) is 4. The zero-order chi connectivity index (χ0) is 20.3. The third-order valence-corrected chi connectivity index (χ3v) is 4.39. The summed E-state index contributed by atoms with van der Waals surface area (Å²) in [6.45, 7) is 5.88. The van der Waals surface area contributed by atoms with Gasteiger partial charge in [0.05, 0.1) is 0 Å². The van der Waals surface area contributed by atoms with Gasteiger partial charge in [-0.2, -0.15) is 5.26 Å². The first kappa shape index (κ1) is 18.9. The summed E-state index contributed by atoms with van der Waals surface area (Å²) in [7, 11) is 0. The Balaban J connectivity index is 1.93. The second kappa shape index (κ2) is 7.80. The Kier molecular flexibility index (Phi) is 5.28. The van der Waals surface area contributed by atoms with Gasteiger partial charge in [0, 0.05) is 23.3 Å². The molecule has 3 rings (SSSR count). The number of pyridine rings is 1. The molecule has 0 aliphatic rings. The molecule has 0 saturated heterocycles. The lowest BCUT2D eigenvalue weighted by atomic mass is 10.1. The van der Waals surface area contributed by atoms with Crippen LogP contribution in [0.3, 0.4) is 0 Å². The summed E-state index contributed by atoms with van der Waals surface area (Å²) < 4.78 is 1.99. The highest BCUT2D eigenvalue weighted by atomic mass is 16.3. The van der Waals surface area contributed by atoms with Crippen molar-refractivity contribution in [1.29, 1.82) is 5.26 Å². The number of benzene rings is 1. The SMILES string of the molecule is Cc1ccnc(-n2c(C)cc(C=C(C#N)C(=O)Nc3ccc(O)cc3)c2C)c1. The highest BCUT2D eigenvalue weighted by Crippen LogP contribution is 2.23. The molecule has 2 aromatic heterocycles. The van der Waals surface area contributed by atoms with E-state index in [1.54, 1.807) is 24.4 Å². The van der Waals surface area contributed by atoms with Crippen LogP contribution in [0.5, 0.6) is 5.75 Å². The van der Waals surface area contributed by atoms with Gasteiger partial charge in [0.2, 0.25) is 0 Å². The van der Waals surface area contributed by atoms with E-state index in [4.69, 9.17) is 0 Å². The van der Waals surface area contributed by atoms with E-state index >= 15 is 0 Å². The molecule has 140 valence electrons. The Bertz CT molecular complexity index is 1100. The summed E-state index contributed by atoms with van der Waals surface area (Å²) in [5.41, 5.74) is 4.21. The van der Waals surface area contributed by atoms with E-state index in [0.717, 1.165) is 28.3 Å². The number of aromatic nitrogens is 2. The molecule has 6 nitrogen and oxygen atoms in total. The van der Waals surface area contributed by atoms with Crippen molar-refractivity contribution in [3.05, 3.63) is 76.7 Å². The zero-order valence-electron chi connectivity index (χ0n) is 15.9. The van der Waals surface area contributed by atoms with Crippen LogP contribution in [-0.2, 0) is 4.79 Å². The van der Waals surface area contributed by atoms with E-state index in [1.807, 2.05) is 49.6 Å². The van der Waals surface area contributed by atoms with Crippen LogP contribution in [0.15, 0.2) is 54.2 Å². The van der Waals surface area contributed by atoms with Crippen LogP contribution < -0.4 is 5.32 Å². The molecule has 1 amide bonds. The molecule has 0 saturated carbocycles. The summed E-state index contributed by atoms with van der Waals surface area (Å²) >= 11 is 0. The molecule has 3 aromatic rings. The van der Waals surface area contributed by atoms with Crippen LogP contribution in [0.2, 0.25) is 0 Å². The van der Waals surface area contributed by atoms with Crippen molar-refractivity contribution in [2.45, 2.75) is 20.8 Å². The minimum atomic E-state index is -0.508. The van der Waals surface area contributed by atoms with E-state index in [9.17, 15) is 15.2 Å². The van der Waals surface area contributed by atoms with Crippen molar-refractivity contribution in [2.24, 2.45) is 0 Å². The van der Waals surface area contributed by atoms with Gasteiger partial charge >= 0.3 is 0 Å². The quantitative estimate of drug-likeness (QED) is 0.411. The first-order valence-electron chi connectivity index (χ1n) is 8.73. The highest BCUT2D eigenvalue weighted by Gasteiger charge is 2.14. The Hall–Kier alpha value is -3.85. The zero-order valence-corrected chi connectivity index (χ0v) is 15.9. The number of aryl methyl sites for hydroxylation is 2. The fourth-order valence-electron chi connectivity index (χ4n) is 2.98. The molecule has 28 heavy (non-hydrogen) atoms. The predicted octanol–water partition coefficient (Wildman–Crippen LogP) is 4.05. The molecular weight excluding hydrogens is 352 g/mol. The number of hydrogen-bond donors (Lipinski definition) is 2. The van der Waals surface area contributed by atoms with E-state index in [-0.39, 0.29) is 11.3 Å². The van der Waals surface area contributed by atoms with Crippen molar-refractivity contribution in [1.82, 2.24) is 9.55 Å². The topological polar surface area (TPSA) is 90.9 Å². The number of phenols is 1. The van der Waals surface area contributed by atoms with Gasteiger partial charge < -0.3 is 15.0 Å². The normalized spacial score (nSPS) is 11.1. The Morgan fingerprint density at radius 2 is 1.89 bits per heavy atom. The van der Waals surface area contributed by atoms with E-state index in [0.29, 0.717) is 5.69 Å². The summed E-state index contributed by atoms with van der Waals surface area (Å²) in [5.74, 6) is 0.389. The van der Waals surface area contributed by atoms with Crippen LogP contribution >= 0.6 is 0 Å². The number of phenolic OH excluding ortho intramolecular Hbond substituents is 1. The fourth-order valence-corrected chi connectivity index (χ4v) is 2.98. The van der Waals surface area contributed by atoms with Crippen LogP contribution in [0.25, 0.3) is 11.9 Å². The van der Waals surface area contributed by atoms with Crippen molar-refractivity contribution in [3.8, 4) is 17.6 Å². The van der Waals surface area contributed by atoms with Crippen LogP contribution in [-0.4, -0.2) is 20.6 Å². The van der Waals surface area contributed by atoms with Crippen LogP contribution in [0.1, 0.15) is 22.5 Å². The number of anilines is 1. The lowest BCUT2D eigenvalue weighted by Crippen LogP contribution is -2.13. The van der Waals surface area contributed by atoms with Gasteiger partial charge in [-0.15, -0.1) is 0 Å². The Morgan fingerprint density at radius 1 is 1.18 bits per heavy atom. The van der Waals surface area contributed by atoms with E-state index < -0.39 is 5.91 Å². The molecule has 0 spiro atoms. The molecule has 0 unspecified atom stereocenters. The number of carbonyl (C=O) groups is 1. The summed E-state index contributed by atoms with van der Waals surface area (Å²) in [4.78, 5) is 16.9. The molecule has 0 fully saturated rings. The maximum absolute atomic E-state index is 12.5. The van der Waals surface area contributed by atoms with Gasteiger partial charge in [-0.05, 0) is 80.4 Å². The van der Waals surface area contributed by atoms with Gasteiger partial charge in [0.15, 0.2) is 0 Å². The lowest BCUT2D eigenvalue weighted by molar-refractivity contribution is -0.112. The molecule has 0 atom stereocenters. The number of nitrogens with zero attached hydrogens (tertiary/aromatic N) is 3. The Morgan fingerprint density at radius 3 is 2.54 bits per heavy atom. The molecule has 0 aliphatic carbocycles. The van der Waals surface area contributed by atoms with Gasteiger partial charge in [0.1, 0.15) is 23.2 Å². The van der Waals surface area contributed by atoms with Gasteiger partial charge in [-0.3, -0.25) is 4.79 Å². The maximum atomic E-state index is 12.5. The minimum absolute atomic E-state index is 0.00877. The van der Waals surface area contributed by atoms with Gasteiger partial charge in [0.25, 0.3) is 5.91 Å². The molecule has 0 radical (unpaired) electrons. The Labute approximate surface area is 163 Å².